The lowest BCUT2D eigenvalue weighted by Gasteiger charge is -2.18. The van der Waals surface area contributed by atoms with Gasteiger partial charge in [-0.05, 0) is 18.5 Å². The molecule has 0 saturated carbocycles. The maximum atomic E-state index is 4.47. The number of hydrogen-bond donors (Lipinski definition) is 1. The molecule has 0 saturated heterocycles. The van der Waals surface area contributed by atoms with Crippen molar-refractivity contribution in [3.05, 3.63) is 17.5 Å². The van der Waals surface area contributed by atoms with Crippen LogP contribution in [0.5, 0.6) is 0 Å². The minimum absolute atomic E-state index is 0.794. The van der Waals surface area contributed by atoms with Crippen LogP contribution in [-0.2, 0) is 13.0 Å². The van der Waals surface area contributed by atoms with Crippen LogP contribution in [0.15, 0.2) is 6.20 Å². The smallest absolute Gasteiger partial charge is 0.225 e. The summed E-state index contributed by atoms with van der Waals surface area (Å²) in [5.41, 5.74) is 2.43. The normalized spacial score (nSPS) is 15.2. The van der Waals surface area contributed by atoms with Gasteiger partial charge in [0, 0.05) is 26.8 Å². The summed E-state index contributed by atoms with van der Waals surface area (Å²) in [5, 5.41) is 3.30. The van der Waals surface area contributed by atoms with E-state index in [9.17, 15) is 0 Å². The van der Waals surface area contributed by atoms with E-state index in [1.165, 1.54) is 5.56 Å². The number of anilines is 1. The number of fused-ring (bicyclic) bond motifs is 1. The summed E-state index contributed by atoms with van der Waals surface area (Å²) in [7, 11) is 3.91. The number of rotatable bonds is 1. The first-order valence-corrected chi connectivity index (χ1v) is 4.50. The largest absolute Gasteiger partial charge is 0.347 e. The molecule has 0 spiro atoms. The molecular weight excluding hydrogens is 164 g/mol. The fourth-order valence-electron chi connectivity index (χ4n) is 1.44. The van der Waals surface area contributed by atoms with Gasteiger partial charge in [-0.15, -0.1) is 0 Å². The summed E-state index contributed by atoms with van der Waals surface area (Å²) >= 11 is 0. The molecule has 1 aromatic rings. The third kappa shape index (κ3) is 1.62. The molecule has 0 aliphatic carbocycles. The lowest BCUT2D eigenvalue weighted by Crippen LogP contribution is -2.26. The summed E-state index contributed by atoms with van der Waals surface area (Å²) in [4.78, 5) is 10.7. The van der Waals surface area contributed by atoms with E-state index < -0.39 is 0 Å². The molecule has 0 atom stereocenters. The Bertz CT molecular complexity index is 308. The third-order valence-electron chi connectivity index (χ3n) is 2.21. The SMILES string of the molecule is CN(C)c1ncc2c(n1)CNCC2. The molecule has 1 N–H and O–H groups in total. The van der Waals surface area contributed by atoms with Crippen molar-refractivity contribution in [3.63, 3.8) is 0 Å². The van der Waals surface area contributed by atoms with Crippen LogP contribution in [-0.4, -0.2) is 30.6 Å². The first kappa shape index (κ1) is 8.44. The Balaban J connectivity index is 2.35. The van der Waals surface area contributed by atoms with Gasteiger partial charge in [-0.3, -0.25) is 0 Å². The second-order valence-corrected chi connectivity index (χ2v) is 3.46. The Kier molecular flexibility index (Phi) is 2.14. The first-order chi connectivity index (χ1) is 6.27. The minimum Gasteiger partial charge on any atom is -0.347 e. The van der Waals surface area contributed by atoms with Gasteiger partial charge < -0.3 is 10.2 Å². The molecule has 1 aromatic heterocycles. The van der Waals surface area contributed by atoms with Crippen LogP contribution in [0.1, 0.15) is 11.3 Å². The monoisotopic (exact) mass is 178 g/mol. The second-order valence-electron chi connectivity index (χ2n) is 3.46. The first-order valence-electron chi connectivity index (χ1n) is 4.50. The molecule has 4 heteroatoms. The Morgan fingerprint density at radius 3 is 3.08 bits per heavy atom. The van der Waals surface area contributed by atoms with Gasteiger partial charge in [-0.25, -0.2) is 9.97 Å². The quantitative estimate of drug-likeness (QED) is 0.666. The number of nitrogens with zero attached hydrogens (tertiary/aromatic N) is 3. The van der Waals surface area contributed by atoms with Crippen molar-refractivity contribution in [1.29, 1.82) is 0 Å². The van der Waals surface area contributed by atoms with Crippen molar-refractivity contribution in [2.75, 3.05) is 25.5 Å². The Labute approximate surface area is 78.0 Å². The van der Waals surface area contributed by atoms with E-state index in [0.29, 0.717) is 0 Å². The number of nitrogens with one attached hydrogen (secondary N) is 1. The van der Waals surface area contributed by atoms with Gasteiger partial charge in [0.05, 0.1) is 5.69 Å². The van der Waals surface area contributed by atoms with Crippen LogP contribution in [0.2, 0.25) is 0 Å². The highest BCUT2D eigenvalue weighted by atomic mass is 15.2. The maximum absolute atomic E-state index is 4.47. The Morgan fingerprint density at radius 2 is 2.31 bits per heavy atom. The van der Waals surface area contributed by atoms with E-state index in [-0.39, 0.29) is 0 Å². The van der Waals surface area contributed by atoms with Crippen molar-refractivity contribution in [1.82, 2.24) is 15.3 Å². The van der Waals surface area contributed by atoms with Crippen molar-refractivity contribution in [3.8, 4) is 0 Å². The van der Waals surface area contributed by atoms with Gasteiger partial charge in [0.2, 0.25) is 5.95 Å². The van der Waals surface area contributed by atoms with Gasteiger partial charge in [-0.2, -0.15) is 0 Å². The van der Waals surface area contributed by atoms with E-state index in [2.05, 4.69) is 15.3 Å². The highest BCUT2D eigenvalue weighted by Crippen LogP contribution is 2.12. The molecule has 13 heavy (non-hydrogen) atoms. The van der Waals surface area contributed by atoms with Crippen molar-refractivity contribution in [2.24, 2.45) is 0 Å². The molecule has 0 aromatic carbocycles. The average Bonchev–Trinajstić information content (AvgIpc) is 2.17. The molecule has 70 valence electrons. The fourth-order valence-corrected chi connectivity index (χ4v) is 1.44. The van der Waals surface area contributed by atoms with Crippen LogP contribution in [0.25, 0.3) is 0 Å². The zero-order valence-electron chi connectivity index (χ0n) is 8.04. The molecule has 0 bridgehead atoms. The number of aromatic nitrogens is 2. The molecule has 0 unspecified atom stereocenters. The molecule has 2 heterocycles. The molecule has 4 nitrogen and oxygen atoms in total. The third-order valence-corrected chi connectivity index (χ3v) is 2.21. The van der Waals surface area contributed by atoms with Crippen molar-refractivity contribution in [2.45, 2.75) is 13.0 Å². The zero-order chi connectivity index (χ0) is 9.26. The van der Waals surface area contributed by atoms with Crippen LogP contribution in [0, 0.1) is 0 Å². The average molecular weight is 178 g/mol. The van der Waals surface area contributed by atoms with Crippen molar-refractivity contribution < 1.29 is 0 Å². The lowest BCUT2D eigenvalue weighted by molar-refractivity contribution is 0.622. The topological polar surface area (TPSA) is 41.1 Å². The number of hydrogen-bond acceptors (Lipinski definition) is 4. The highest BCUT2D eigenvalue weighted by Gasteiger charge is 2.11. The molecule has 0 fully saturated rings. The standard InChI is InChI=1S/C9H14N4/c1-13(2)9-11-5-7-3-4-10-6-8(7)12-9/h5,10H,3-4,6H2,1-2H3. The van der Waals surface area contributed by atoms with Crippen molar-refractivity contribution >= 4 is 5.95 Å². The van der Waals surface area contributed by atoms with E-state index >= 15 is 0 Å². The zero-order valence-corrected chi connectivity index (χ0v) is 8.04. The fraction of sp³-hybridized carbons (Fsp3) is 0.556. The van der Waals surface area contributed by atoms with Crippen LogP contribution in [0.3, 0.4) is 0 Å². The highest BCUT2D eigenvalue weighted by molar-refractivity contribution is 5.32. The summed E-state index contributed by atoms with van der Waals surface area (Å²) in [6.45, 7) is 1.91. The predicted octanol–water partition coefficient (Wildman–Crippen LogP) is 0.188. The summed E-state index contributed by atoms with van der Waals surface area (Å²) in [6.07, 6.45) is 2.99. The van der Waals surface area contributed by atoms with E-state index in [1.807, 2.05) is 25.2 Å². The van der Waals surface area contributed by atoms with Crippen LogP contribution < -0.4 is 10.2 Å². The Hall–Kier alpha value is -1.16. The molecular formula is C9H14N4. The van der Waals surface area contributed by atoms with Gasteiger partial charge in [0.1, 0.15) is 0 Å². The summed E-state index contributed by atoms with van der Waals surface area (Å²) in [6, 6.07) is 0. The van der Waals surface area contributed by atoms with Crippen LogP contribution in [0.4, 0.5) is 5.95 Å². The molecule has 0 radical (unpaired) electrons. The van der Waals surface area contributed by atoms with Gasteiger partial charge in [0.25, 0.3) is 0 Å². The maximum Gasteiger partial charge on any atom is 0.225 e. The molecule has 0 amide bonds. The Morgan fingerprint density at radius 1 is 1.46 bits per heavy atom. The van der Waals surface area contributed by atoms with E-state index in [4.69, 9.17) is 0 Å². The van der Waals surface area contributed by atoms with Gasteiger partial charge >= 0.3 is 0 Å². The van der Waals surface area contributed by atoms with E-state index in [0.717, 1.165) is 31.2 Å². The van der Waals surface area contributed by atoms with Gasteiger partial charge in [0.15, 0.2) is 0 Å². The summed E-state index contributed by atoms with van der Waals surface area (Å²) in [5.74, 6) is 0.794. The second kappa shape index (κ2) is 3.30. The summed E-state index contributed by atoms with van der Waals surface area (Å²) < 4.78 is 0. The van der Waals surface area contributed by atoms with E-state index in [1.54, 1.807) is 0 Å². The molecule has 2 rings (SSSR count). The predicted molar refractivity (Wildman–Crippen MR) is 51.8 cm³/mol. The van der Waals surface area contributed by atoms with Gasteiger partial charge in [-0.1, -0.05) is 0 Å². The lowest BCUT2D eigenvalue weighted by atomic mass is 10.1. The minimum atomic E-state index is 0.794. The molecule has 1 aliphatic heterocycles. The molecule has 1 aliphatic rings. The van der Waals surface area contributed by atoms with Crippen LogP contribution >= 0.6 is 0 Å².